The summed E-state index contributed by atoms with van der Waals surface area (Å²) in [5, 5.41) is 0. The van der Waals surface area contributed by atoms with Crippen molar-refractivity contribution in [2.45, 2.75) is 39.7 Å². The van der Waals surface area contributed by atoms with Gasteiger partial charge in [0.05, 0.1) is 18.8 Å². The quantitative estimate of drug-likeness (QED) is 0.388. The number of unbranched alkanes of at least 4 members (excludes halogenated alkanes) is 1. The van der Waals surface area contributed by atoms with Crippen LogP contribution >= 0.6 is 0 Å². The molecule has 0 amide bonds. The monoisotopic (exact) mass is 349 g/mol. The Labute approximate surface area is 149 Å². The maximum Gasteiger partial charge on any atom is 0.325 e. The molecule has 0 fully saturated rings. The summed E-state index contributed by atoms with van der Waals surface area (Å²) < 4.78 is 16.4. The zero-order valence-corrected chi connectivity index (χ0v) is 15.2. The molecule has 0 aromatic heterocycles. The van der Waals surface area contributed by atoms with Crippen molar-refractivity contribution in [3.63, 3.8) is 0 Å². The molecule has 1 atom stereocenters. The number of ketones is 1. The lowest BCUT2D eigenvalue weighted by molar-refractivity contribution is -0.143. The SMILES string of the molecule is CCCCOCCOC(=O)CN1CC(C)Oc2ccc(C(C)=O)cc21. The minimum absolute atomic E-state index is 0.0202. The number of hydrogen-bond acceptors (Lipinski definition) is 6. The zero-order chi connectivity index (χ0) is 18.2. The van der Waals surface area contributed by atoms with Crippen molar-refractivity contribution in [1.82, 2.24) is 0 Å². The third-order valence-corrected chi connectivity index (χ3v) is 3.96. The van der Waals surface area contributed by atoms with Gasteiger partial charge in [-0.05, 0) is 38.5 Å². The van der Waals surface area contributed by atoms with Gasteiger partial charge in [-0.2, -0.15) is 0 Å². The van der Waals surface area contributed by atoms with Gasteiger partial charge in [-0.1, -0.05) is 13.3 Å². The van der Waals surface area contributed by atoms with E-state index in [9.17, 15) is 9.59 Å². The maximum atomic E-state index is 12.1. The summed E-state index contributed by atoms with van der Waals surface area (Å²) in [5.41, 5.74) is 1.35. The van der Waals surface area contributed by atoms with Gasteiger partial charge in [0.2, 0.25) is 0 Å². The van der Waals surface area contributed by atoms with Crippen molar-refractivity contribution >= 4 is 17.4 Å². The first kappa shape index (κ1) is 19.2. The van der Waals surface area contributed by atoms with Gasteiger partial charge >= 0.3 is 5.97 Å². The van der Waals surface area contributed by atoms with Gasteiger partial charge in [0.25, 0.3) is 0 Å². The molecule has 0 saturated heterocycles. The number of anilines is 1. The lowest BCUT2D eigenvalue weighted by Gasteiger charge is -2.34. The third-order valence-electron chi connectivity index (χ3n) is 3.96. The number of carbonyl (C=O) groups is 2. The first-order valence-electron chi connectivity index (χ1n) is 8.81. The van der Waals surface area contributed by atoms with E-state index in [4.69, 9.17) is 14.2 Å². The number of Topliss-reactive ketones (excluding diaryl/α,β-unsaturated/α-hetero) is 1. The van der Waals surface area contributed by atoms with Crippen molar-refractivity contribution in [3.8, 4) is 5.75 Å². The van der Waals surface area contributed by atoms with E-state index in [-0.39, 0.29) is 31.0 Å². The molecule has 1 unspecified atom stereocenters. The Morgan fingerprint density at radius 3 is 2.80 bits per heavy atom. The van der Waals surface area contributed by atoms with E-state index in [1.54, 1.807) is 18.2 Å². The molecule has 0 aliphatic carbocycles. The molecule has 1 aromatic rings. The van der Waals surface area contributed by atoms with Crippen LogP contribution in [0.15, 0.2) is 18.2 Å². The molecule has 6 nitrogen and oxygen atoms in total. The smallest absolute Gasteiger partial charge is 0.325 e. The summed E-state index contributed by atoms with van der Waals surface area (Å²) in [5.74, 6) is 0.347. The Hall–Kier alpha value is -2.08. The highest BCUT2D eigenvalue weighted by Gasteiger charge is 2.25. The highest BCUT2D eigenvalue weighted by molar-refractivity contribution is 5.95. The summed E-state index contributed by atoms with van der Waals surface area (Å²) >= 11 is 0. The topological polar surface area (TPSA) is 65.1 Å². The van der Waals surface area contributed by atoms with Gasteiger partial charge < -0.3 is 19.1 Å². The van der Waals surface area contributed by atoms with Crippen LogP contribution in [0.25, 0.3) is 0 Å². The van der Waals surface area contributed by atoms with Crippen LogP contribution in [0.2, 0.25) is 0 Å². The molecule has 1 aromatic carbocycles. The fraction of sp³-hybridized carbons (Fsp3) is 0.579. The number of hydrogen-bond donors (Lipinski definition) is 0. The van der Waals surface area contributed by atoms with Crippen LogP contribution in [0.3, 0.4) is 0 Å². The fourth-order valence-corrected chi connectivity index (χ4v) is 2.66. The second-order valence-corrected chi connectivity index (χ2v) is 6.23. The molecular formula is C19H27NO5. The Kier molecular flexibility index (Phi) is 7.25. The largest absolute Gasteiger partial charge is 0.487 e. The average Bonchev–Trinajstić information content (AvgIpc) is 2.57. The van der Waals surface area contributed by atoms with Gasteiger partial charge in [-0.25, -0.2) is 0 Å². The predicted molar refractivity (Wildman–Crippen MR) is 95.4 cm³/mol. The van der Waals surface area contributed by atoms with Crippen molar-refractivity contribution < 1.29 is 23.8 Å². The average molecular weight is 349 g/mol. The number of ether oxygens (including phenoxy) is 3. The molecule has 0 N–H and O–H groups in total. The molecule has 1 heterocycles. The van der Waals surface area contributed by atoms with Crippen LogP contribution in [-0.2, 0) is 14.3 Å². The second kappa shape index (κ2) is 9.42. The van der Waals surface area contributed by atoms with Crippen molar-refractivity contribution in [3.05, 3.63) is 23.8 Å². The van der Waals surface area contributed by atoms with E-state index < -0.39 is 0 Å². The van der Waals surface area contributed by atoms with Crippen LogP contribution in [0.1, 0.15) is 44.0 Å². The van der Waals surface area contributed by atoms with E-state index in [0.717, 1.165) is 18.5 Å². The summed E-state index contributed by atoms with van der Waals surface area (Å²) in [6.45, 7) is 7.61. The molecule has 0 radical (unpaired) electrons. The Balaban J connectivity index is 1.92. The molecule has 25 heavy (non-hydrogen) atoms. The van der Waals surface area contributed by atoms with Crippen LogP contribution in [0.4, 0.5) is 5.69 Å². The van der Waals surface area contributed by atoms with E-state index >= 15 is 0 Å². The number of rotatable bonds is 9. The molecule has 1 aliphatic rings. The van der Waals surface area contributed by atoms with E-state index in [0.29, 0.717) is 31.1 Å². The molecule has 2 rings (SSSR count). The Bertz CT molecular complexity index is 601. The van der Waals surface area contributed by atoms with Gasteiger partial charge in [0, 0.05) is 12.2 Å². The number of fused-ring (bicyclic) bond motifs is 1. The second-order valence-electron chi connectivity index (χ2n) is 6.23. The molecule has 1 aliphatic heterocycles. The highest BCUT2D eigenvalue weighted by Crippen LogP contribution is 2.34. The number of benzene rings is 1. The summed E-state index contributed by atoms with van der Waals surface area (Å²) in [4.78, 5) is 25.6. The summed E-state index contributed by atoms with van der Waals surface area (Å²) in [6.07, 6.45) is 2.05. The van der Waals surface area contributed by atoms with Crippen LogP contribution in [0, 0.1) is 0 Å². The molecular weight excluding hydrogens is 322 g/mol. The van der Waals surface area contributed by atoms with E-state index in [1.165, 1.54) is 6.92 Å². The highest BCUT2D eigenvalue weighted by atomic mass is 16.6. The minimum atomic E-state index is -0.313. The molecule has 0 spiro atoms. The summed E-state index contributed by atoms with van der Waals surface area (Å²) in [7, 11) is 0. The van der Waals surface area contributed by atoms with Gasteiger partial charge in [-0.15, -0.1) is 0 Å². The standard InChI is InChI=1S/C19H27NO5/c1-4-5-8-23-9-10-24-19(22)13-20-12-14(2)25-18-7-6-16(15(3)21)11-17(18)20/h6-7,11,14H,4-5,8-10,12-13H2,1-3H3. The van der Waals surface area contributed by atoms with Crippen LogP contribution in [0.5, 0.6) is 5.75 Å². The van der Waals surface area contributed by atoms with Crippen molar-refractivity contribution in [2.75, 3.05) is 37.8 Å². The zero-order valence-electron chi connectivity index (χ0n) is 15.2. The lowest BCUT2D eigenvalue weighted by atomic mass is 10.1. The molecule has 6 heteroatoms. The predicted octanol–water partition coefficient (Wildman–Crippen LogP) is 2.84. The first-order valence-corrected chi connectivity index (χ1v) is 8.81. The van der Waals surface area contributed by atoms with Crippen LogP contribution < -0.4 is 9.64 Å². The molecule has 138 valence electrons. The first-order chi connectivity index (χ1) is 12.0. The number of esters is 1. The van der Waals surface area contributed by atoms with Crippen molar-refractivity contribution in [1.29, 1.82) is 0 Å². The molecule has 0 bridgehead atoms. The van der Waals surface area contributed by atoms with E-state index in [2.05, 4.69) is 6.92 Å². The minimum Gasteiger partial charge on any atom is -0.487 e. The normalized spacial score (nSPS) is 16.1. The third kappa shape index (κ3) is 5.74. The van der Waals surface area contributed by atoms with Gasteiger partial charge in [0.15, 0.2) is 5.78 Å². The van der Waals surface area contributed by atoms with Gasteiger partial charge in [-0.3, -0.25) is 9.59 Å². The lowest BCUT2D eigenvalue weighted by Crippen LogP contribution is -2.42. The molecule has 0 saturated carbocycles. The maximum absolute atomic E-state index is 12.1. The van der Waals surface area contributed by atoms with E-state index in [1.807, 2.05) is 11.8 Å². The Morgan fingerprint density at radius 2 is 2.08 bits per heavy atom. The van der Waals surface area contributed by atoms with Crippen LogP contribution in [-0.4, -0.2) is 50.8 Å². The fourth-order valence-electron chi connectivity index (χ4n) is 2.66. The van der Waals surface area contributed by atoms with Crippen molar-refractivity contribution in [2.24, 2.45) is 0 Å². The Morgan fingerprint density at radius 1 is 1.28 bits per heavy atom. The summed E-state index contributed by atoms with van der Waals surface area (Å²) in [6, 6.07) is 5.29. The number of carbonyl (C=O) groups excluding carboxylic acids is 2. The van der Waals surface area contributed by atoms with Gasteiger partial charge in [0.1, 0.15) is 25.0 Å². The number of nitrogens with zero attached hydrogens (tertiary/aromatic N) is 1.